The lowest BCUT2D eigenvalue weighted by atomic mass is 10.9. The first-order chi connectivity index (χ1) is 5.41. The maximum Gasteiger partial charge on any atom is 0.300 e. The van der Waals surface area contributed by atoms with Gasteiger partial charge in [0, 0.05) is 6.92 Å². The summed E-state index contributed by atoms with van der Waals surface area (Å²) < 4.78 is 0. The molecule has 0 fully saturated rings. The lowest BCUT2D eigenvalue weighted by Gasteiger charge is -2.18. The molecule has 0 saturated heterocycles. The third kappa shape index (κ3) is 9.65. The first-order valence-corrected chi connectivity index (χ1v) is 6.90. The Morgan fingerprint density at radius 2 is 1.33 bits per heavy atom. The van der Waals surface area contributed by atoms with Gasteiger partial charge in [0.2, 0.25) is 0 Å². The second-order valence-corrected chi connectivity index (χ2v) is 7.37. The van der Waals surface area contributed by atoms with Crippen molar-refractivity contribution in [1.82, 2.24) is 0 Å². The van der Waals surface area contributed by atoms with E-state index in [2.05, 4.69) is 20.8 Å². The van der Waals surface area contributed by atoms with Gasteiger partial charge < -0.3 is 9.90 Å². The van der Waals surface area contributed by atoms with Gasteiger partial charge in [-0.15, -0.1) is 0 Å². The molecular weight excluding hydrogens is 172 g/mol. The van der Waals surface area contributed by atoms with Crippen molar-refractivity contribution in [3.63, 3.8) is 0 Å². The van der Waals surface area contributed by atoms with Crippen molar-refractivity contribution in [2.75, 3.05) is 0 Å². The summed E-state index contributed by atoms with van der Waals surface area (Å²) in [4.78, 5) is 18.6. The van der Waals surface area contributed by atoms with Gasteiger partial charge in [-0.05, 0) is 18.1 Å². The summed E-state index contributed by atoms with van der Waals surface area (Å²) >= 11 is 0. The molecule has 0 bridgehead atoms. The van der Waals surface area contributed by atoms with Crippen LogP contribution in [0.15, 0.2) is 0 Å². The van der Waals surface area contributed by atoms with E-state index in [1.807, 2.05) is 0 Å². The molecule has 0 aliphatic heterocycles. The molecule has 0 unspecified atom stereocenters. The summed E-state index contributed by atoms with van der Waals surface area (Å²) in [6.45, 7) is 7.33. The molecule has 0 spiro atoms. The molecule has 4 heteroatoms. The maximum absolute atomic E-state index is 9.58. The predicted molar refractivity (Wildman–Crippen MR) is 52.7 cm³/mol. The van der Waals surface area contributed by atoms with Crippen LogP contribution in [0.3, 0.4) is 0 Å². The molecule has 0 rings (SSSR count). The van der Waals surface area contributed by atoms with Crippen molar-refractivity contribution >= 4 is 14.3 Å². The van der Waals surface area contributed by atoms with Crippen molar-refractivity contribution in [2.45, 2.75) is 45.8 Å². The molecule has 0 aromatic heterocycles. The zero-order chi connectivity index (χ0) is 10.2. The maximum atomic E-state index is 9.58. The molecule has 0 aromatic rings. The Kier molecular flexibility index (Phi) is 8.64. The fraction of sp³-hybridized carbons (Fsp3) is 0.875. The Balaban J connectivity index is 0. The Hall–Kier alpha value is -0.353. The Morgan fingerprint density at radius 3 is 1.33 bits per heavy atom. The van der Waals surface area contributed by atoms with E-state index in [4.69, 9.17) is 9.90 Å². The average molecular weight is 192 g/mol. The van der Waals surface area contributed by atoms with E-state index in [0.717, 1.165) is 25.1 Å². The van der Waals surface area contributed by atoms with Crippen LogP contribution >= 0.6 is 0 Å². The number of carbonyl (C=O) groups is 1. The lowest BCUT2D eigenvalue weighted by Crippen LogP contribution is -2.30. The number of hydrogen-bond acceptors (Lipinski definition) is 2. The molecule has 0 aliphatic rings. The van der Waals surface area contributed by atoms with Crippen LogP contribution in [0.1, 0.15) is 27.7 Å². The van der Waals surface area contributed by atoms with Crippen molar-refractivity contribution in [3.8, 4) is 0 Å². The van der Waals surface area contributed by atoms with Gasteiger partial charge >= 0.3 is 0 Å². The first kappa shape index (κ1) is 14.2. The van der Waals surface area contributed by atoms with E-state index in [1.54, 1.807) is 0 Å². The molecule has 0 aliphatic carbocycles. The normalized spacial score (nSPS) is 10.1. The van der Waals surface area contributed by atoms with Gasteiger partial charge in [-0.1, -0.05) is 20.8 Å². The molecule has 2 N–H and O–H groups in total. The van der Waals surface area contributed by atoms with E-state index < -0.39 is 14.3 Å². The summed E-state index contributed by atoms with van der Waals surface area (Å²) in [5, 5.41) is 7.42. The number of hydrogen-bond donors (Lipinski definition) is 2. The second kappa shape index (κ2) is 7.30. The van der Waals surface area contributed by atoms with Gasteiger partial charge in [-0.3, -0.25) is 4.79 Å². The fourth-order valence-electron chi connectivity index (χ4n) is 0.750. The van der Waals surface area contributed by atoms with Gasteiger partial charge in [0.05, 0.1) is 0 Å². The minimum absolute atomic E-state index is 0.833. The monoisotopic (exact) mass is 192 g/mol. The van der Waals surface area contributed by atoms with Crippen LogP contribution in [0.25, 0.3) is 0 Å². The van der Waals surface area contributed by atoms with Gasteiger partial charge in [-0.25, -0.2) is 0 Å². The predicted octanol–water partition coefficient (Wildman–Crippen LogP) is 2.07. The molecule has 0 radical (unpaired) electrons. The minimum Gasteiger partial charge on any atom is -0.481 e. The van der Waals surface area contributed by atoms with Crippen molar-refractivity contribution in [3.05, 3.63) is 0 Å². The van der Waals surface area contributed by atoms with E-state index in [-0.39, 0.29) is 0 Å². The smallest absolute Gasteiger partial charge is 0.300 e. The number of rotatable bonds is 3. The largest absolute Gasteiger partial charge is 0.481 e. The van der Waals surface area contributed by atoms with Gasteiger partial charge in [0.15, 0.2) is 8.32 Å². The van der Waals surface area contributed by atoms with E-state index in [9.17, 15) is 4.80 Å². The standard InChI is InChI=1S/C6H16OSi.C2H4O2/c1-4-8(7,5-2)6-3;1-2(3)4/h7H,4-6H2,1-3H3;1H3,(H,3,4). The molecule has 0 heterocycles. The van der Waals surface area contributed by atoms with Crippen LogP contribution < -0.4 is 0 Å². The fourth-order valence-corrected chi connectivity index (χ4v) is 2.25. The Bertz CT molecular complexity index is 109. The third-order valence-corrected chi connectivity index (χ3v) is 5.92. The minimum atomic E-state index is -1.67. The van der Waals surface area contributed by atoms with Gasteiger partial charge in [0.25, 0.3) is 5.97 Å². The van der Waals surface area contributed by atoms with E-state index in [0.29, 0.717) is 0 Å². The highest BCUT2D eigenvalue weighted by Gasteiger charge is 2.22. The number of carboxylic acids is 1. The highest BCUT2D eigenvalue weighted by molar-refractivity contribution is 6.72. The van der Waals surface area contributed by atoms with Crippen LogP contribution in [0.5, 0.6) is 0 Å². The number of carboxylic acid groups (broad SMARTS) is 1. The van der Waals surface area contributed by atoms with E-state index >= 15 is 0 Å². The zero-order valence-corrected chi connectivity index (χ0v) is 9.42. The van der Waals surface area contributed by atoms with Crippen LogP contribution in [0, 0.1) is 0 Å². The highest BCUT2D eigenvalue weighted by atomic mass is 28.4. The molecule has 3 nitrogen and oxygen atoms in total. The van der Waals surface area contributed by atoms with Crippen molar-refractivity contribution in [1.29, 1.82) is 0 Å². The third-order valence-electron chi connectivity index (χ3n) is 1.97. The van der Waals surface area contributed by atoms with Crippen LogP contribution in [-0.2, 0) is 4.79 Å². The molecule has 74 valence electrons. The molecule has 0 atom stereocenters. The van der Waals surface area contributed by atoms with Crippen molar-refractivity contribution < 1.29 is 14.7 Å². The quantitative estimate of drug-likeness (QED) is 0.673. The zero-order valence-electron chi connectivity index (χ0n) is 8.42. The summed E-state index contributed by atoms with van der Waals surface area (Å²) in [5.41, 5.74) is 0. The molecule has 12 heavy (non-hydrogen) atoms. The average Bonchev–Trinajstić information content (AvgIpc) is 2.02. The molecule has 0 saturated carbocycles. The highest BCUT2D eigenvalue weighted by Crippen LogP contribution is 2.14. The summed E-state index contributed by atoms with van der Waals surface area (Å²) in [6.07, 6.45) is 0. The van der Waals surface area contributed by atoms with Gasteiger partial charge in [-0.2, -0.15) is 0 Å². The van der Waals surface area contributed by atoms with Gasteiger partial charge in [0.1, 0.15) is 0 Å². The van der Waals surface area contributed by atoms with Crippen LogP contribution in [0.2, 0.25) is 18.1 Å². The molecule has 0 amide bonds. The molecule has 0 aromatic carbocycles. The summed E-state index contributed by atoms with van der Waals surface area (Å²) in [7, 11) is -1.67. The Labute approximate surface area is 75.6 Å². The van der Waals surface area contributed by atoms with E-state index in [1.165, 1.54) is 0 Å². The second-order valence-electron chi connectivity index (χ2n) is 2.80. The lowest BCUT2D eigenvalue weighted by molar-refractivity contribution is -0.134. The molecular formula is C8H20O3Si. The SMILES string of the molecule is CC(=O)O.CC[Si](O)(CC)CC. The topological polar surface area (TPSA) is 57.5 Å². The van der Waals surface area contributed by atoms with Crippen LogP contribution in [-0.4, -0.2) is 24.2 Å². The Morgan fingerprint density at radius 1 is 1.17 bits per heavy atom. The van der Waals surface area contributed by atoms with Crippen LogP contribution in [0.4, 0.5) is 0 Å². The van der Waals surface area contributed by atoms with Crippen molar-refractivity contribution in [2.24, 2.45) is 0 Å². The number of aliphatic carboxylic acids is 1. The summed E-state index contributed by atoms with van der Waals surface area (Å²) in [5.74, 6) is -0.833. The summed E-state index contributed by atoms with van der Waals surface area (Å²) in [6, 6.07) is 3.04. The first-order valence-electron chi connectivity index (χ1n) is 4.33.